The van der Waals surface area contributed by atoms with E-state index in [1.165, 1.54) is 37.9 Å². The molecule has 0 aliphatic heterocycles. The van der Waals surface area contributed by atoms with Crippen LogP contribution in [-0.4, -0.2) is 17.7 Å². The van der Waals surface area contributed by atoms with Gasteiger partial charge in [-0.15, -0.1) is 0 Å². The third-order valence-electron chi connectivity index (χ3n) is 3.64. The molecule has 2 saturated carbocycles. The van der Waals surface area contributed by atoms with E-state index >= 15 is 0 Å². The number of rotatable bonds is 5. The van der Waals surface area contributed by atoms with Gasteiger partial charge in [0.05, 0.1) is 12.3 Å². The van der Waals surface area contributed by atoms with Crippen LogP contribution in [0.5, 0.6) is 0 Å². The Labute approximate surface area is 111 Å². The highest BCUT2D eigenvalue weighted by Crippen LogP contribution is 2.40. The third-order valence-corrected chi connectivity index (χ3v) is 4.28. The molecule has 0 heterocycles. The SMILES string of the molecule is OCc1ccc(N(CC2CC2)C2CC2)c(Br)c1. The predicted octanol–water partition coefficient (Wildman–Crippen LogP) is 3.32. The molecule has 3 rings (SSSR count). The molecule has 92 valence electrons. The van der Waals surface area contributed by atoms with Crippen molar-refractivity contribution < 1.29 is 5.11 Å². The fraction of sp³-hybridized carbons (Fsp3) is 0.571. The first-order chi connectivity index (χ1) is 8.28. The van der Waals surface area contributed by atoms with E-state index in [0.717, 1.165) is 22.0 Å². The van der Waals surface area contributed by atoms with Crippen LogP contribution in [0.1, 0.15) is 31.2 Å². The van der Waals surface area contributed by atoms with Gasteiger partial charge < -0.3 is 10.0 Å². The fourth-order valence-corrected chi connectivity index (χ4v) is 2.94. The van der Waals surface area contributed by atoms with Gasteiger partial charge in [0.1, 0.15) is 0 Å². The van der Waals surface area contributed by atoms with Gasteiger partial charge in [0.15, 0.2) is 0 Å². The van der Waals surface area contributed by atoms with Crippen LogP contribution in [0.25, 0.3) is 0 Å². The summed E-state index contributed by atoms with van der Waals surface area (Å²) in [7, 11) is 0. The Morgan fingerprint density at radius 2 is 2.00 bits per heavy atom. The zero-order valence-corrected chi connectivity index (χ0v) is 11.5. The van der Waals surface area contributed by atoms with Gasteiger partial charge in [-0.1, -0.05) is 6.07 Å². The standard InChI is InChI=1S/C14H18BrNO/c15-13-7-11(9-17)3-6-14(13)16(12-4-5-12)8-10-1-2-10/h3,6-7,10,12,17H,1-2,4-5,8-9H2. The molecular weight excluding hydrogens is 278 g/mol. The lowest BCUT2D eigenvalue weighted by Gasteiger charge is -2.26. The summed E-state index contributed by atoms with van der Waals surface area (Å²) in [4.78, 5) is 2.56. The molecule has 0 amide bonds. The molecule has 0 unspecified atom stereocenters. The van der Waals surface area contributed by atoms with E-state index in [0.29, 0.717) is 0 Å². The Hall–Kier alpha value is -0.540. The highest BCUT2D eigenvalue weighted by molar-refractivity contribution is 9.10. The smallest absolute Gasteiger partial charge is 0.0682 e. The number of benzene rings is 1. The van der Waals surface area contributed by atoms with Crippen molar-refractivity contribution in [1.82, 2.24) is 0 Å². The molecule has 2 nitrogen and oxygen atoms in total. The number of aliphatic hydroxyl groups excluding tert-OH is 1. The second kappa shape index (κ2) is 4.62. The number of aliphatic hydroxyl groups is 1. The number of anilines is 1. The van der Waals surface area contributed by atoms with Crippen LogP contribution < -0.4 is 4.90 Å². The van der Waals surface area contributed by atoms with E-state index in [9.17, 15) is 0 Å². The molecule has 1 aromatic rings. The van der Waals surface area contributed by atoms with Crippen LogP contribution in [0.15, 0.2) is 22.7 Å². The monoisotopic (exact) mass is 295 g/mol. The first-order valence-electron chi connectivity index (χ1n) is 6.44. The average Bonchev–Trinajstić information content (AvgIpc) is 3.18. The average molecular weight is 296 g/mol. The maximum atomic E-state index is 9.13. The molecule has 2 aliphatic rings. The van der Waals surface area contributed by atoms with E-state index in [1.54, 1.807) is 0 Å². The molecule has 0 aromatic heterocycles. The minimum Gasteiger partial charge on any atom is -0.392 e. The molecular formula is C14H18BrNO. The van der Waals surface area contributed by atoms with E-state index in [-0.39, 0.29) is 6.61 Å². The lowest BCUT2D eigenvalue weighted by atomic mass is 10.2. The first kappa shape index (κ1) is 11.5. The summed E-state index contributed by atoms with van der Waals surface area (Å²) in [5.41, 5.74) is 2.28. The summed E-state index contributed by atoms with van der Waals surface area (Å²) in [6.45, 7) is 1.33. The molecule has 3 heteroatoms. The lowest BCUT2D eigenvalue weighted by molar-refractivity contribution is 0.282. The quantitative estimate of drug-likeness (QED) is 0.901. The maximum Gasteiger partial charge on any atom is 0.0682 e. The van der Waals surface area contributed by atoms with Gasteiger partial charge in [-0.2, -0.15) is 0 Å². The Morgan fingerprint density at radius 3 is 2.53 bits per heavy atom. The Bertz CT molecular complexity index is 413. The van der Waals surface area contributed by atoms with Crippen LogP contribution >= 0.6 is 15.9 Å². The summed E-state index contributed by atoms with van der Waals surface area (Å²) in [6, 6.07) is 6.97. The van der Waals surface area contributed by atoms with Gasteiger partial charge in [0.25, 0.3) is 0 Å². The summed E-state index contributed by atoms with van der Waals surface area (Å²) in [5.74, 6) is 0.917. The van der Waals surface area contributed by atoms with Crippen LogP contribution in [0.4, 0.5) is 5.69 Å². The Morgan fingerprint density at radius 1 is 1.24 bits per heavy atom. The maximum absolute atomic E-state index is 9.13. The second-order valence-corrected chi connectivity index (χ2v) is 6.13. The minimum absolute atomic E-state index is 0.116. The number of nitrogens with zero attached hydrogens (tertiary/aromatic N) is 1. The molecule has 0 atom stereocenters. The molecule has 2 fully saturated rings. The zero-order valence-electron chi connectivity index (χ0n) is 9.90. The van der Waals surface area contributed by atoms with Crippen molar-refractivity contribution in [3.8, 4) is 0 Å². The molecule has 0 saturated heterocycles. The van der Waals surface area contributed by atoms with Gasteiger partial charge in [0.2, 0.25) is 0 Å². The van der Waals surface area contributed by atoms with Crippen molar-refractivity contribution in [2.24, 2.45) is 5.92 Å². The molecule has 2 aliphatic carbocycles. The van der Waals surface area contributed by atoms with Crippen molar-refractivity contribution in [1.29, 1.82) is 0 Å². The second-order valence-electron chi connectivity index (χ2n) is 5.27. The molecule has 0 radical (unpaired) electrons. The van der Waals surface area contributed by atoms with Gasteiger partial charge in [-0.05, 0) is 65.2 Å². The summed E-state index contributed by atoms with van der Waals surface area (Å²) in [6.07, 6.45) is 5.47. The highest BCUT2D eigenvalue weighted by Gasteiger charge is 2.34. The van der Waals surface area contributed by atoms with Crippen molar-refractivity contribution in [2.45, 2.75) is 38.3 Å². The van der Waals surface area contributed by atoms with Crippen LogP contribution in [0.2, 0.25) is 0 Å². The van der Waals surface area contributed by atoms with Gasteiger partial charge in [-0.3, -0.25) is 0 Å². The Kier molecular flexibility index (Phi) is 3.14. The van der Waals surface area contributed by atoms with E-state index in [1.807, 2.05) is 12.1 Å². The highest BCUT2D eigenvalue weighted by atomic mass is 79.9. The van der Waals surface area contributed by atoms with Crippen molar-refractivity contribution in [3.63, 3.8) is 0 Å². The topological polar surface area (TPSA) is 23.5 Å². The number of hydrogen-bond donors (Lipinski definition) is 1. The lowest BCUT2D eigenvalue weighted by Crippen LogP contribution is -2.28. The molecule has 0 bridgehead atoms. The van der Waals surface area contributed by atoms with Gasteiger partial charge >= 0.3 is 0 Å². The molecule has 0 spiro atoms. The normalized spacial score (nSPS) is 19.4. The largest absolute Gasteiger partial charge is 0.392 e. The van der Waals surface area contributed by atoms with Gasteiger partial charge in [-0.25, -0.2) is 0 Å². The molecule has 1 N–H and O–H groups in total. The molecule has 17 heavy (non-hydrogen) atoms. The molecule has 1 aromatic carbocycles. The van der Waals surface area contributed by atoms with Crippen LogP contribution in [0.3, 0.4) is 0 Å². The number of hydrogen-bond acceptors (Lipinski definition) is 2. The third kappa shape index (κ3) is 2.66. The van der Waals surface area contributed by atoms with E-state index in [2.05, 4.69) is 26.9 Å². The van der Waals surface area contributed by atoms with Crippen LogP contribution in [0, 0.1) is 5.92 Å². The zero-order chi connectivity index (χ0) is 11.8. The predicted molar refractivity (Wildman–Crippen MR) is 73.2 cm³/mol. The van der Waals surface area contributed by atoms with Crippen molar-refractivity contribution in [3.05, 3.63) is 28.2 Å². The summed E-state index contributed by atoms with van der Waals surface area (Å²) < 4.78 is 1.12. The van der Waals surface area contributed by atoms with E-state index < -0.39 is 0 Å². The summed E-state index contributed by atoms with van der Waals surface area (Å²) in [5, 5.41) is 9.13. The first-order valence-corrected chi connectivity index (χ1v) is 7.23. The summed E-state index contributed by atoms with van der Waals surface area (Å²) >= 11 is 3.64. The Balaban J connectivity index is 1.83. The van der Waals surface area contributed by atoms with Crippen molar-refractivity contribution in [2.75, 3.05) is 11.4 Å². The minimum atomic E-state index is 0.116. The van der Waals surface area contributed by atoms with Gasteiger partial charge in [0, 0.05) is 17.1 Å². The fourth-order valence-electron chi connectivity index (χ4n) is 2.29. The van der Waals surface area contributed by atoms with Crippen molar-refractivity contribution >= 4 is 21.6 Å². The van der Waals surface area contributed by atoms with Crippen LogP contribution in [-0.2, 0) is 6.61 Å². The number of halogens is 1. The van der Waals surface area contributed by atoms with E-state index in [4.69, 9.17) is 5.11 Å².